The van der Waals surface area contributed by atoms with Crippen LogP contribution in [0.4, 0.5) is 0 Å². The van der Waals surface area contributed by atoms with Crippen molar-refractivity contribution in [2.24, 2.45) is 0 Å². The second-order valence-electron chi connectivity index (χ2n) is 4.44. The van der Waals surface area contributed by atoms with Gasteiger partial charge in [-0.3, -0.25) is 4.79 Å². The molecule has 1 aliphatic rings. The Kier molecular flexibility index (Phi) is 4.03. The van der Waals surface area contributed by atoms with Crippen LogP contribution in [0.2, 0.25) is 0 Å². The molecule has 2 aromatic carbocycles. The molecule has 3 rings (SSSR count). The molecular weight excluding hydrogens is 352 g/mol. The Morgan fingerprint density at radius 2 is 2.00 bits per heavy atom. The molecule has 3 nitrogen and oxygen atoms in total. The highest BCUT2D eigenvalue weighted by atomic mass is 79.9. The van der Waals surface area contributed by atoms with Gasteiger partial charge in [-0.1, -0.05) is 45.9 Å². The van der Waals surface area contributed by atoms with Gasteiger partial charge in [-0.05, 0) is 35.9 Å². The molecule has 2 aromatic rings. The Morgan fingerprint density at radius 3 is 2.76 bits per heavy atom. The molecule has 21 heavy (non-hydrogen) atoms. The van der Waals surface area contributed by atoms with Gasteiger partial charge in [0.2, 0.25) is 0 Å². The number of phenolic OH excluding ortho intramolecular Hbond substituents is 1. The number of rotatable bonds is 3. The Hall–Kier alpha value is -1.72. The maximum absolute atomic E-state index is 12.3. The summed E-state index contributed by atoms with van der Waals surface area (Å²) in [7, 11) is 0. The zero-order valence-electron chi connectivity index (χ0n) is 10.9. The number of carbonyl (C=O) groups is 1. The fourth-order valence-corrected chi connectivity index (χ4v) is 3.22. The average molecular weight is 363 g/mol. The minimum absolute atomic E-state index is 0.0165. The lowest BCUT2D eigenvalue weighted by Gasteiger charge is -2.05. The molecule has 0 bridgehead atoms. The summed E-state index contributed by atoms with van der Waals surface area (Å²) < 4.78 is 6.37. The van der Waals surface area contributed by atoms with Crippen LogP contribution in [0, 0.1) is 0 Å². The second-order valence-corrected chi connectivity index (χ2v) is 6.29. The van der Waals surface area contributed by atoms with Crippen molar-refractivity contribution >= 4 is 39.6 Å². The lowest BCUT2D eigenvalue weighted by atomic mass is 10.1. The van der Waals surface area contributed by atoms with Gasteiger partial charge in [0.25, 0.3) is 0 Å². The van der Waals surface area contributed by atoms with Crippen molar-refractivity contribution in [2.75, 3.05) is 5.94 Å². The Morgan fingerprint density at radius 1 is 1.24 bits per heavy atom. The van der Waals surface area contributed by atoms with E-state index in [-0.39, 0.29) is 11.5 Å². The summed E-state index contributed by atoms with van der Waals surface area (Å²) in [6.07, 6.45) is 3.20. The number of carbonyl (C=O) groups excluding carboxylic acids is 1. The molecule has 0 saturated carbocycles. The van der Waals surface area contributed by atoms with E-state index in [1.54, 1.807) is 12.1 Å². The standard InChI is InChI=1S/C16H11BrO3S/c17-11-4-1-10(2-5-11)3-6-12(18)15-13(19)7-8-14-16(15)21-9-20-14/h1-8,19H,9H2/b6-3+. The van der Waals surface area contributed by atoms with Gasteiger partial charge >= 0.3 is 0 Å². The summed E-state index contributed by atoms with van der Waals surface area (Å²) in [5, 5.41) is 9.95. The molecule has 0 unspecified atom stereocenters. The van der Waals surface area contributed by atoms with E-state index in [2.05, 4.69) is 15.9 Å². The van der Waals surface area contributed by atoms with Crippen molar-refractivity contribution in [3.05, 3.63) is 58.1 Å². The highest BCUT2D eigenvalue weighted by molar-refractivity contribution is 9.10. The van der Waals surface area contributed by atoms with E-state index < -0.39 is 0 Å². The summed E-state index contributed by atoms with van der Waals surface area (Å²) in [6.45, 7) is 0. The number of phenols is 1. The Balaban J connectivity index is 1.89. The third-order valence-corrected chi connectivity index (χ3v) is 4.52. The summed E-state index contributed by atoms with van der Waals surface area (Å²) >= 11 is 4.78. The molecule has 1 heterocycles. The quantitative estimate of drug-likeness (QED) is 0.645. The van der Waals surface area contributed by atoms with Crippen LogP contribution in [0.3, 0.4) is 0 Å². The Labute approximate surface area is 134 Å². The molecule has 106 valence electrons. The molecule has 5 heteroatoms. The molecular formula is C16H11BrO3S. The van der Waals surface area contributed by atoms with Gasteiger partial charge < -0.3 is 9.84 Å². The fourth-order valence-electron chi connectivity index (χ4n) is 2.03. The summed E-state index contributed by atoms with van der Waals surface area (Å²) in [6, 6.07) is 10.8. The molecule has 0 amide bonds. The molecule has 0 spiro atoms. The zero-order chi connectivity index (χ0) is 14.8. The van der Waals surface area contributed by atoms with Crippen molar-refractivity contribution in [1.29, 1.82) is 0 Å². The van der Waals surface area contributed by atoms with Crippen molar-refractivity contribution in [1.82, 2.24) is 0 Å². The van der Waals surface area contributed by atoms with Crippen molar-refractivity contribution < 1.29 is 14.6 Å². The minimum Gasteiger partial charge on any atom is -0.507 e. The van der Waals surface area contributed by atoms with E-state index in [0.717, 1.165) is 10.0 Å². The third-order valence-electron chi connectivity index (χ3n) is 3.06. The van der Waals surface area contributed by atoms with Crippen molar-refractivity contribution in [3.63, 3.8) is 0 Å². The third kappa shape index (κ3) is 2.99. The SMILES string of the molecule is O=C(/C=C/c1ccc(Br)cc1)c1c(O)ccc2c1SCO2. The van der Waals surface area contributed by atoms with Gasteiger partial charge in [0.15, 0.2) is 5.78 Å². The van der Waals surface area contributed by atoms with E-state index in [1.165, 1.54) is 23.9 Å². The minimum atomic E-state index is -0.231. The van der Waals surface area contributed by atoms with Crippen LogP contribution in [0.25, 0.3) is 6.08 Å². The molecule has 0 radical (unpaired) electrons. The maximum atomic E-state index is 12.3. The average Bonchev–Trinajstić information content (AvgIpc) is 2.94. The molecule has 1 aliphatic heterocycles. The predicted octanol–water partition coefficient (Wildman–Crippen LogP) is 4.49. The van der Waals surface area contributed by atoms with Gasteiger partial charge in [-0.2, -0.15) is 0 Å². The van der Waals surface area contributed by atoms with Crippen LogP contribution in [0.5, 0.6) is 11.5 Å². The van der Waals surface area contributed by atoms with Gasteiger partial charge in [-0.15, -0.1) is 0 Å². The number of aromatic hydroxyl groups is 1. The summed E-state index contributed by atoms with van der Waals surface area (Å²) in [4.78, 5) is 13.0. The van der Waals surface area contributed by atoms with E-state index in [0.29, 0.717) is 22.1 Å². The van der Waals surface area contributed by atoms with Crippen LogP contribution >= 0.6 is 27.7 Å². The predicted molar refractivity (Wildman–Crippen MR) is 87.0 cm³/mol. The number of allylic oxidation sites excluding steroid dienone is 1. The first-order valence-corrected chi connectivity index (χ1v) is 8.02. The second kappa shape index (κ2) is 5.95. The van der Waals surface area contributed by atoms with Crippen LogP contribution in [-0.2, 0) is 0 Å². The number of hydrogen-bond donors (Lipinski definition) is 1. The van der Waals surface area contributed by atoms with Crippen LogP contribution in [0.1, 0.15) is 15.9 Å². The van der Waals surface area contributed by atoms with Crippen molar-refractivity contribution in [2.45, 2.75) is 4.90 Å². The van der Waals surface area contributed by atoms with Gasteiger partial charge in [-0.25, -0.2) is 0 Å². The molecule has 1 N–H and O–H groups in total. The van der Waals surface area contributed by atoms with Crippen LogP contribution in [0.15, 0.2) is 51.8 Å². The highest BCUT2D eigenvalue weighted by Gasteiger charge is 2.23. The highest BCUT2D eigenvalue weighted by Crippen LogP contribution is 2.42. The zero-order valence-corrected chi connectivity index (χ0v) is 13.3. The van der Waals surface area contributed by atoms with Crippen molar-refractivity contribution in [3.8, 4) is 11.5 Å². The van der Waals surface area contributed by atoms with Crippen LogP contribution < -0.4 is 4.74 Å². The van der Waals surface area contributed by atoms with Gasteiger partial charge in [0.1, 0.15) is 17.4 Å². The molecule has 0 saturated heterocycles. The van der Waals surface area contributed by atoms with E-state index >= 15 is 0 Å². The first-order valence-electron chi connectivity index (χ1n) is 6.25. The summed E-state index contributed by atoms with van der Waals surface area (Å²) in [5.41, 5.74) is 1.23. The number of ketones is 1. The van der Waals surface area contributed by atoms with Gasteiger partial charge in [0, 0.05) is 4.47 Å². The molecule has 0 fully saturated rings. The first-order chi connectivity index (χ1) is 10.1. The molecule has 0 atom stereocenters. The van der Waals surface area contributed by atoms with Crippen LogP contribution in [-0.4, -0.2) is 16.8 Å². The van der Waals surface area contributed by atoms with E-state index in [4.69, 9.17) is 4.74 Å². The number of thioether (sulfide) groups is 1. The fraction of sp³-hybridized carbons (Fsp3) is 0.0625. The summed E-state index contributed by atoms with van der Waals surface area (Å²) in [5.74, 6) is 0.871. The number of fused-ring (bicyclic) bond motifs is 1. The van der Waals surface area contributed by atoms with Gasteiger partial charge in [0.05, 0.1) is 10.5 Å². The largest absolute Gasteiger partial charge is 0.507 e. The maximum Gasteiger partial charge on any atom is 0.190 e. The van der Waals surface area contributed by atoms with E-state index in [1.807, 2.05) is 24.3 Å². The molecule has 0 aliphatic carbocycles. The first kappa shape index (κ1) is 14.2. The lowest BCUT2D eigenvalue weighted by molar-refractivity contribution is 0.104. The smallest absolute Gasteiger partial charge is 0.190 e. The Bertz CT molecular complexity index is 723. The number of ether oxygens (including phenoxy) is 1. The number of halogens is 1. The lowest BCUT2D eigenvalue weighted by Crippen LogP contribution is -1.97. The van der Waals surface area contributed by atoms with E-state index in [9.17, 15) is 9.90 Å². The topological polar surface area (TPSA) is 46.5 Å². The monoisotopic (exact) mass is 362 g/mol. The number of benzene rings is 2. The normalized spacial score (nSPS) is 13.2. The number of hydrogen-bond acceptors (Lipinski definition) is 4. The molecule has 0 aromatic heterocycles.